The lowest BCUT2D eigenvalue weighted by Gasteiger charge is -2.37. The predicted molar refractivity (Wildman–Crippen MR) is 104 cm³/mol. The van der Waals surface area contributed by atoms with E-state index < -0.39 is 26.5 Å². The van der Waals surface area contributed by atoms with E-state index in [-0.39, 0.29) is 18.7 Å². The standard InChI is InChI=1S/C19H27N3O4S/c1-14-5-7-15(8-6-14)22-13-3-4-16(17(22)23)21-18(24)19(27(2,25)26)9-11-20-12-10-19/h5-8,16,20H,3-4,9-13H2,1-2H3,(H,21,24). The SMILES string of the molecule is Cc1ccc(N2CCCC(NC(=O)C3(S(C)(=O)=O)CCNCC3)C2=O)cc1. The topological polar surface area (TPSA) is 95.6 Å². The summed E-state index contributed by atoms with van der Waals surface area (Å²) in [6.45, 7) is 3.51. The molecule has 2 heterocycles. The van der Waals surface area contributed by atoms with Gasteiger partial charge in [0.1, 0.15) is 6.04 Å². The van der Waals surface area contributed by atoms with Gasteiger partial charge in [-0.15, -0.1) is 0 Å². The number of carbonyl (C=O) groups excluding carboxylic acids is 2. The number of carbonyl (C=O) groups is 2. The summed E-state index contributed by atoms with van der Waals surface area (Å²) < 4.78 is 23.4. The molecule has 1 unspecified atom stereocenters. The number of sulfone groups is 1. The molecule has 0 aromatic heterocycles. The number of piperidine rings is 2. The molecule has 2 saturated heterocycles. The Morgan fingerprint density at radius 1 is 1.22 bits per heavy atom. The fourth-order valence-electron chi connectivity index (χ4n) is 3.88. The lowest BCUT2D eigenvalue weighted by Crippen LogP contribution is -2.61. The maximum Gasteiger partial charge on any atom is 0.249 e. The lowest BCUT2D eigenvalue weighted by atomic mass is 9.94. The Hall–Kier alpha value is -1.93. The molecule has 2 fully saturated rings. The van der Waals surface area contributed by atoms with Gasteiger partial charge in [0.25, 0.3) is 0 Å². The van der Waals surface area contributed by atoms with Crippen molar-refractivity contribution in [3.05, 3.63) is 29.8 Å². The first-order valence-corrected chi connectivity index (χ1v) is 11.2. The number of amides is 2. The molecular formula is C19H27N3O4S. The second-order valence-corrected chi connectivity index (χ2v) is 9.84. The second kappa shape index (κ2) is 7.59. The summed E-state index contributed by atoms with van der Waals surface area (Å²) in [5.41, 5.74) is 1.90. The van der Waals surface area contributed by atoms with Gasteiger partial charge in [-0.05, 0) is 57.8 Å². The van der Waals surface area contributed by atoms with Crippen LogP contribution < -0.4 is 15.5 Å². The van der Waals surface area contributed by atoms with Crippen LogP contribution in [-0.4, -0.2) is 56.9 Å². The van der Waals surface area contributed by atoms with Gasteiger partial charge in [0.15, 0.2) is 14.6 Å². The van der Waals surface area contributed by atoms with Crippen molar-refractivity contribution in [3.8, 4) is 0 Å². The maximum atomic E-state index is 13.0. The van der Waals surface area contributed by atoms with Gasteiger partial charge in [-0.2, -0.15) is 0 Å². The van der Waals surface area contributed by atoms with E-state index in [1.54, 1.807) is 4.90 Å². The molecule has 2 aliphatic rings. The number of hydrogen-bond donors (Lipinski definition) is 2. The zero-order valence-electron chi connectivity index (χ0n) is 15.8. The Morgan fingerprint density at radius 3 is 2.44 bits per heavy atom. The van der Waals surface area contributed by atoms with Gasteiger partial charge in [-0.1, -0.05) is 17.7 Å². The highest BCUT2D eigenvalue weighted by atomic mass is 32.2. The summed E-state index contributed by atoms with van der Waals surface area (Å²) in [6, 6.07) is 6.97. The number of anilines is 1. The van der Waals surface area contributed by atoms with Crippen LogP contribution in [-0.2, 0) is 19.4 Å². The first-order chi connectivity index (χ1) is 12.7. The molecule has 0 radical (unpaired) electrons. The Labute approximate surface area is 160 Å². The molecule has 3 rings (SSSR count). The van der Waals surface area contributed by atoms with E-state index in [0.717, 1.165) is 23.9 Å². The minimum atomic E-state index is -3.60. The van der Waals surface area contributed by atoms with Crippen LogP contribution >= 0.6 is 0 Å². The highest BCUT2D eigenvalue weighted by Crippen LogP contribution is 2.29. The van der Waals surface area contributed by atoms with Crippen LogP contribution in [0.4, 0.5) is 5.69 Å². The van der Waals surface area contributed by atoms with E-state index in [1.807, 2.05) is 31.2 Å². The molecule has 2 amide bonds. The van der Waals surface area contributed by atoms with Crippen molar-refractivity contribution in [1.82, 2.24) is 10.6 Å². The molecule has 1 atom stereocenters. The number of benzene rings is 1. The van der Waals surface area contributed by atoms with Crippen molar-refractivity contribution in [2.45, 2.75) is 43.4 Å². The summed E-state index contributed by atoms with van der Waals surface area (Å²) in [4.78, 5) is 27.6. The maximum absolute atomic E-state index is 13.0. The van der Waals surface area contributed by atoms with Crippen molar-refractivity contribution in [2.24, 2.45) is 0 Å². The van der Waals surface area contributed by atoms with Crippen LogP contribution in [0.1, 0.15) is 31.2 Å². The average Bonchev–Trinajstić information content (AvgIpc) is 2.64. The van der Waals surface area contributed by atoms with Gasteiger partial charge in [-0.3, -0.25) is 9.59 Å². The molecule has 0 spiro atoms. The van der Waals surface area contributed by atoms with E-state index in [4.69, 9.17) is 0 Å². The molecule has 0 aliphatic carbocycles. The third kappa shape index (κ3) is 3.87. The van der Waals surface area contributed by atoms with Gasteiger partial charge >= 0.3 is 0 Å². The van der Waals surface area contributed by atoms with Gasteiger partial charge in [0, 0.05) is 18.5 Å². The molecule has 0 saturated carbocycles. The van der Waals surface area contributed by atoms with Crippen LogP contribution in [0, 0.1) is 6.92 Å². The molecule has 1 aromatic rings. The van der Waals surface area contributed by atoms with Gasteiger partial charge in [0.2, 0.25) is 11.8 Å². The third-order valence-corrected chi connectivity index (χ3v) is 7.64. The highest BCUT2D eigenvalue weighted by molar-refractivity contribution is 7.92. The molecule has 1 aromatic carbocycles. The fourth-order valence-corrected chi connectivity index (χ4v) is 5.22. The highest BCUT2D eigenvalue weighted by Gasteiger charge is 2.49. The average molecular weight is 394 g/mol. The minimum absolute atomic E-state index is 0.184. The second-order valence-electron chi connectivity index (χ2n) is 7.51. The number of hydrogen-bond acceptors (Lipinski definition) is 5. The molecule has 2 N–H and O–H groups in total. The lowest BCUT2D eigenvalue weighted by molar-refractivity contribution is -0.130. The molecule has 7 nitrogen and oxygen atoms in total. The van der Waals surface area contributed by atoms with Gasteiger partial charge < -0.3 is 15.5 Å². The van der Waals surface area contributed by atoms with Crippen LogP contribution in [0.3, 0.4) is 0 Å². The van der Waals surface area contributed by atoms with E-state index in [0.29, 0.717) is 26.1 Å². The summed E-state index contributed by atoms with van der Waals surface area (Å²) in [6.07, 6.45) is 2.82. The Bertz CT molecular complexity index is 814. The third-order valence-electron chi connectivity index (χ3n) is 5.62. The van der Waals surface area contributed by atoms with Crippen LogP contribution in [0.2, 0.25) is 0 Å². The van der Waals surface area contributed by atoms with Gasteiger partial charge in [-0.25, -0.2) is 8.42 Å². The molecular weight excluding hydrogens is 366 g/mol. The van der Waals surface area contributed by atoms with E-state index >= 15 is 0 Å². The van der Waals surface area contributed by atoms with Gasteiger partial charge in [0.05, 0.1) is 0 Å². The first-order valence-electron chi connectivity index (χ1n) is 9.34. The first kappa shape index (κ1) is 19.8. The van der Waals surface area contributed by atoms with Crippen molar-refractivity contribution in [3.63, 3.8) is 0 Å². The number of nitrogens with one attached hydrogen (secondary N) is 2. The van der Waals surface area contributed by atoms with E-state index in [2.05, 4.69) is 10.6 Å². The predicted octanol–water partition coefficient (Wildman–Crippen LogP) is 0.773. The Morgan fingerprint density at radius 2 is 1.85 bits per heavy atom. The normalized spacial score (nSPS) is 23.1. The number of rotatable bonds is 4. The van der Waals surface area contributed by atoms with Crippen molar-refractivity contribution in [1.29, 1.82) is 0 Å². The van der Waals surface area contributed by atoms with Crippen LogP contribution in [0.15, 0.2) is 24.3 Å². The summed E-state index contributed by atoms with van der Waals surface area (Å²) in [5, 5.41) is 5.85. The number of aryl methyl sites for hydroxylation is 1. The summed E-state index contributed by atoms with van der Waals surface area (Å²) in [7, 11) is -3.60. The molecule has 8 heteroatoms. The van der Waals surface area contributed by atoms with E-state index in [1.165, 1.54) is 0 Å². The van der Waals surface area contributed by atoms with Crippen molar-refractivity contribution >= 4 is 27.3 Å². The largest absolute Gasteiger partial charge is 0.343 e. The summed E-state index contributed by atoms with van der Waals surface area (Å²) >= 11 is 0. The molecule has 148 valence electrons. The van der Waals surface area contributed by atoms with E-state index in [9.17, 15) is 18.0 Å². The molecule has 2 aliphatic heterocycles. The zero-order valence-corrected chi connectivity index (χ0v) is 16.6. The monoisotopic (exact) mass is 393 g/mol. The molecule has 0 bridgehead atoms. The number of nitrogens with zero attached hydrogens (tertiary/aromatic N) is 1. The summed E-state index contributed by atoms with van der Waals surface area (Å²) in [5.74, 6) is -0.730. The van der Waals surface area contributed by atoms with Crippen LogP contribution in [0.25, 0.3) is 0 Å². The molecule has 27 heavy (non-hydrogen) atoms. The van der Waals surface area contributed by atoms with Crippen molar-refractivity contribution in [2.75, 3.05) is 30.8 Å². The Kier molecular flexibility index (Phi) is 5.58. The van der Waals surface area contributed by atoms with Crippen LogP contribution in [0.5, 0.6) is 0 Å². The smallest absolute Gasteiger partial charge is 0.249 e. The Balaban J connectivity index is 1.78. The zero-order chi connectivity index (χ0) is 19.7. The fraction of sp³-hybridized carbons (Fsp3) is 0.579. The quantitative estimate of drug-likeness (QED) is 0.788. The van der Waals surface area contributed by atoms with Crippen molar-refractivity contribution < 1.29 is 18.0 Å². The minimum Gasteiger partial charge on any atom is -0.343 e.